The first-order chi connectivity index (χ1) is 61.1. The Labute approximate surface area is 753 Å². The van der Waals surface area contributed by atoms with Gasteiger partial charge in [0.05, 0.1) is 113 Å². The maximum atomic E-state index is 13.1. The van der Waals surface area contributed by atoms with Gasteiger partial charge in [-0.25, -0.2) is 28.7 Å². The molecule has 8 aromatic heterocycles. The molecule has 0 radical (unpaired) electrons. The highest BCUT2D eigenvalue weighted by molar-refractivity contribution is 6.30. The topological polar surface area (TPSA) is 433 Å². The maximum Gasteiger partial charge on any atom is 0.416 e. The molecule has 5 atom stereocenters. The summed E-state index contributed by atoms with van der Waals surface area (Å²) >= 11 is 11.6. The van der Waals surface area contributed by atoms with Crippen molar-refractivity contribution in [3.8, 4) is 0 Å². The van der Waals surface area contributed by atoms with Crippen LogP contribution in [0, 0.1) is 11.6 Å². The monoisotopic (exact) mass is 1840 g/mol. The molecule has 40 heteroatoms. The first-order valence-electron chi connectivity index (χ1n) is 41.6. The largest absolute Gasteiger partial charge is 0.416 e. The average molecular weight is 1840 g/mol. The Morgan fingerprint density at radius 2 is 0.785 bits per heavy atom. The smallest absolute Gasteiger partial charge is 0.395 e. The number of aromatic nitrogens is 9. The number of carbonyl (C=O) groups is 10. The van der Waals surface area contributed by atoms with Crippen LogP contribution in [-0.2, 0) is 100 Å². The number of amides is 7. The van der Waals surface area contributed by atoms with E-state index in [2.05, 4.69) is 56.4 Å². The van der Waals surface area contributed by atoms with Gasteiger partial charge in [0.2, 0.25) is 59.1 Å². The number of hydrogen-bond acceptors (Lipinski definition) is 26. The van der Waals surface area contributed by atoms with E-state index in [-0.39, 0.29) is 169 Å². The number of anilines is 7. The summed E-state index contributed by atoms with van der Waals surface area (Å²) in [5, 5.41) is 44.7. The van der Waals surface area contributed by atoms with Crippen molar-refractivity contribution in [2.24, 2.45) is 0 Å². The fourth-order valence-electron chi connectivity index (χ4n) is 14.2. The van der Waals surface area contributed by atoms with E-state index in [1.807, 2.05) is 76.2 Å². The minimum atomic E-state index is -4.48. The molecule has 0 aliphatic carbocycles. The van der Waals surface area contributed by atoms with Crippen LogP contribution >= 0.6 is 23.2 Å². The van der Waals surface area contributed by atoms with E-state index in [0.717, 1.165) is 29.7 Å². The zero-order valence-corrected chi connectivity index (χ0v) is 75.1. The van der Waals surface area contributed by atoms with E-state index in [1.165, 1.54) is 91.6 Å². The minimum absolute atomic E-state index is 0.00412. The van der Waals surface area contributed by atoms with E-state index in [9.17, 15) is 80.1 Å². The number of halogens is 7. The van der Waals surface area contributed by atoms with Crippen molar-refractivity contribution in [2.75, 3.05) is 48.3 Å². The second-order valence-electron chi connectivity index (χ2n) is 35.9. The number of aliphatic hydroxyl groups is 2. The lowest BCUT2D eigenvalue weighted by atomic mass is 9.90. The number of benzene rings is 2. The van der Waals surface area contributed by atoms with E-state index in [1.54, 1.807) is 56.3 Å². The number of carbonyl (C=O) groups excluding carboxylic acids is 10. The van der Waals surface area contributed by atoms with Crippen LogP contribution in [0.3, 0.4) is 0 Å². The number of pyridine rings is 2. The van der Waals surface area contributed by atoms with Gasteiger partial charge in [-0.15, -0.1) is 0 Å². The summed E-state index contributed by atoms with van der Waals surface area (Å²) in [4.78, 5) is 147. The molecule has 2 aromatic carbocycles. The molecule has 5 fully saturated rings. The molecule has 7 amide bonds. The van der Waals surface area contributed by atoms with Crippen LogP contribution in [0.25, 0.3) is 0 Å². The third-order valence-electron chi connectivity index (χ3n) is 21.8. The van der Waals surface area contributed by atoms with E-state index >= 15 is 0 Å². The summed E-state index contributed by atoms with van der Waals surface area (Å²) in [7, 11) is 0. The molecule has 5 aliphatic rings. The molecule has 33 nitrogen and oxygen atoms in total. The average Bonchev–Trinajstić information content (AvgIpc) is 1.70. The van der Waals surface area contributed by atoms with Gasteiger partial charge >= 0.3 is 6.18 Å². The van der Waals surface area contributed by atoms with Gasteiger partial charge in [0, 0.05) is 107 Å². The Balaban J connectivity index is 0.000000157. The molecule has 690 valence electrons. The molecule has 10 aromatic rings. The number of Topliss-reactive ketones (excluding diaryl/α,β-unsaturated/α-hetero) is 3. The van der Waals surface area contributed by atoms with Crippen LogP contribution in [0.1, 0.15) is 206 Å². The van der Waals surface area contributed by atoms with E-state index in [4.69, 9.17) is 45.8 Å². The van der Waals surface area contributed by atoms with Crippen LogP contribution in [0.15, 0.2) is 151 Å². The minimum Gasteiger partial charge on any atom is -0.395 e. The van der Waals surface area contributed by atoms with Crippen LogP contribution in [0.2, 0.25) is 10.0 Å². The number of hydrogen-bond donors (Lipinski definition) is 4. The number of rotatable bonds is 22. The van der Waals surface area contributed by atoms with Gasteiger partial charge in [0.1, 0.15) is 52.6 Å². The van der Waals surface area contributed by atoms with Crippen molar-refractivity contribution in [1.29, 1.82) is 0 Å². The highest BCUT2D eigenvalue weighted by atomic mass is 35.5. The third kappa shape index (κ3) is 24.2. The van der Waals surface area contributed by atoms with Gasteiger partial charge < -0.3 is 42.6 Å². The Bertz CT molecular complexity index is 5400. The van der Waals surface area contributed by atoms with Gasteiger partial charge in [-0.2, -0.15) is 13.2 Å². The third-order valence-corrected chi connectivity index (χ3v) is 22.2. The summed E-state index contributed by atoms with van der Waals surface area (Å²) < 4.78 is 90.5. The molecule has 0 unspecified atom stereocenters. The number of nitrogens with zero attached hydrogens (tertiary/aromatic N) is 14. The lowest BCUT2D eigenvalue weighted by Crippen LogP contribution is -2.42. The number of alkyl halides is 3. The quantitative estimate of drug-likeness (QED) is 0.0458. The molecule has 130 heavy (non-hydrogen) atoms. The molecule has 0 bridgehead atoms. The van der Waals surface area contributed by atoms with Crippen LogP contribution in [0.4, 0.5) is 62.7 Å². The first kappa shape index (κ1) is 97.9. The molecule has 0 saturated carbocycles. The first-order valence-corrected chi connectivity index (χ1v) is 42.3. The molecule has 13 heterocycles. The number of ketones is 3. The Kier molecular flexibility index (Phi) is 30.5. The molecule has 15 rings (SSSR count). The zero-order chi connectivity index (χ0) is 94.9. The van der Waals surface area contributed by atoms with Gasteiger partial charge in [-0.05, 0) is 105 Å². The van der Waals surface area contributed by atoms with Crippen molar-refractivity contribution >= 4 is 123 Å². The summed E-state index contributed by atoms with van der Waals surface area (Å²) in [5.74, 6) is -0.577. The second kappa shape index (κ2) is 40.5. The highest BCUT2D eigenvalue weighted by Crippen LogP contribution is 2.38. The molecule has 5 saturated heterocycles. The van der Waals surface area contributed by atoms with Crippen molar-refractivity contribution < 1.29 is 103 Å². The van der Waals surface area contributed by atoms with Crippen molar-refractivity contribution in [2.45, 2.75) is 237 Å². The van der Waals surface area contributed by atoms with E-state index < -0.39 is 70.3 Å². The Morgan fingerprint density at radius 1 is 0.408 bits per heavy atom. The summed E-state index contributed by atoms with van der Waals surface area (Å²) in [6.45, 7) is 24.9. The van der Waals surface area contributed by atoms with Crippen molar-refractivity contribution in [1.82, 2.24) is 45.7 Å². The SMILES string of the molecule is CC(C)(C)c1cc(CC(=O)[C@@H]2CCC(=O)N2c2ncc(Cl)cn2)on1.CC(C)(C)c1cc(NC(=O)[C@@H]2CCC(=O)N2c2ccc(Cl)cn2)on1.CC(C)(C)c1cc(NC(=O)[C@@H]2CCC(=O)N2c2ccc(F)cn2)on1.CC(C)(CO)c1cc(CC(=O)[C@@H]2CCC(=O)N2c2ccc(C(F)(F)F)cc2)no1.CC(C)(CO)c1cc(CC(=O)[C@@H]2CCC(=O)N2c2ccc(F)cc2)on1. The lowest BCUT2D eigenvalue weighted by Gasteiger charge is -2.24. The molecule has 5 aliphatic heterocycles. The van der Waals surface area contributed by atoms with Gasteiger partial charge in [-0.3, -0.25) is 73.3 Å². The van der Waals surface area contributed by atoms with Crippen molar-refractivity contribution in [3.05, 3.63) is 201 Å². The van der Waals surface area contributed by atoms with Gasteiger partial charge in [0.15, 0.2) is 17.3 Å². The highest BCUT2D eigenvalue weighted by Gasteiger charge is 2.45. The number of aliphatic hydroxyl groups excluding tert-OH is 2. The van der Waals surface area contributed by atoms with Crippen LogP contribution < -0.4 is 35.1 Å². The summed E-state index contributed by atoms with van der Waals surface area (Å²) in [5.41, 5.74) is 1.36. The number of nitrogens with one attached hydrogen (secondary N) is 2. The zero-order valence-electron chi connectivity index (χ0n) is 73.5. The Morgan fingerprint density at radius 3 is 1.20 bits per heavy atom. The lowest BCUT2D eigenvalue weighted by molar-refractivity contribution is -0.137. The van der Waals surface area contributed by atoms with Gasteiger partial charge in [0.25, 0.3) is 0 Å². The predicted octanol–water partition coefficient (Wildman–Crippen LogP) is 14.2. The summed E-state index contributed by atoms with van der Waals surface area (Å²) in [6, 6.07) is 20.6. The fraction of sp³-hybridized carbons (Fsp3) is 0.433. The van der Waals surface area contributed by atoms with Crippen LogP contribution in [-0.4, -0.2) is 158 Å². The standard InChI is InChI=1S/C20H21F3N2O4.C19H21FN2O4.2C17H19ClN4O3.C17H19FN4O3/c1-19(2,11-26)17-10-13(24-29-17)9-16(27)15-7-8-18(28)25(15)14-5-3-12(4-6-14)20(21,22)23;1-19(2,11-23)17-10-14(26-21-17)9-16(24)15-7-8-18(25)22(15)13-5-3-12(20)4-6-13;1-17(2,3)12-8-14(25-21-12)20-16(24)11-5-7-15(23)22(11)13-6-4-10(18)9-19-13;1-17(2,3)14-7-11(25-21-14)6-13(23)12-4-5-15(24)22(12)16-19-8-10(18)9-20-16;1-17(2,3)12-8-14(25-21-12)20-16(24)11-5-7-15(23)22(11)13-6-4-10(18)9-19-13/h3-6,10,15,26H,7-9,11H2,1-2H3;3-6,10,15,23H,7-9,11H2,1-2H3;4,6,8-9,11H,5,7H2,1-3H3,(H,20,24);7-9,12H,4-6H2,1-3H3;4,6,8-9,11H,5,7H2,1-3H3,(H,20,24)/t2*15-;11-;12-;11-/m00000/s1. The normalized spacial score (nSPS) is 17.8. The van der Waals surface area contributed by atoms with Crippen LogP contribution in [0.5, 0.6) is 0 Å². The second-order valence-corrected chi connectivity index (χ2v) is 36.8. The fourth-order valence-corrected chi connectivity index (χ4v) is 14.4. The maximum absolute atomic E-state index is 13.1. The molecule has 4 N–H and O–H groups in total. The molecular weight excluding hydrogens is 1740 g/mol. The molecular formula is C90H99Cl2F5N16O17. The predicted molar refractivity (Wildman–Crippen MR) is 463 cm³/mol. The summed E-state index contributed by atoms with van der Waals surface area (Å²) in [6.07, 6.45) is 3.89. The molecule has 0 spiro atoms. The van der Waals surface area contributed by atoms with Crippen molar-refractivity contribution in [3.63, 3.8) is 0 Å². The van der Waals surface area contributed by atoms with E-state index in [0.29, 0.717) is 81.6 Å². The Hall–Kier alpha value is -12.7. The van der Waals surface area contributed by atoms with Gasteiger partial charge in [-0.1, -0.05) is 139 Å².